The minimum atomic E-state index is -1.19. The van der Waals surface area contributed by atoms with Gasteiger partial charge in [-0.15, -0.1) is 0 Å². The number of hydrogen-bond donors (Lipinski definition) is 1. The molecule has 1 heterocycles. The van der Waals surface area contributed by atoms with E-state index in [1.54, 1.807) is 19.2 Å². The monoisotopic (exact) mass is 279 g/mol. The number of aryl methyl sites for hydroxylation is 3. The molecule has 0 aliphatic rings. The summed E-state index contributed by atoms with van der Waals surface area (Å²) in [5.74, 6) is -1.19. The first-order valence-electron chi connectivity index (χ1n) is 5.94. The van der Waals surface area contributed by atoms with Gasteiger partial charge in [0.2, 0.25) is 0 Å². The molecule has 0 aliphatic heterocycles. The summed E-state index contributed by atoms with van der Waals surface area (Å²) >= 11 is 6.08. The van der Waals surface area contributed by atoms with E-state index in [1.807, 2.05) is 13.8 Å². The Morgan fingerprint density at radius 2 is 2.05 bits per heavy atom. The largest absolute Gasteiger partial charge is 0.477 e. The number of pyridine rings is 1. The standard InChI is InChI=1S/C14H14ClNO3/c1-4-8-9-5-6-10(15)7(2)12(9)16(3)13(17)11(8)14(18)19/h5-6H,4H2,1-3H3,(H,18,19). The molecule has 0 amide bonds. The maximum atomic E-state index is 12.2. The second kappa shape index (κ2) is 4.70. The smallest absolute Gasteiger partial charge is 0.341 e. The molecular formula is C14H14ClNO3. The highest BCUT2D eigenvalue weighted by atomic mass is 35.5. The molecule has 1 N–H and O–H groups in total. The third kappa shape index (κ3) is 1.92. The van der Waals surface area contributed by atoms with Crippen LogP contribution in [0, 0.1) is 6.92 Å². The molecule has 1 aromatic carbocycles. The van der Waals surface area contributed by atoms with Crippen LogP contribution in [-0.2, 0) is 13.5 Å². The summed E-state index contributed by atoms with van der Waals surface area (Å²) in [7, 11) is 1.57. The zero-order valence-corrected chi connectivity index (χ0v) is 11.7. The third-order valence-electron chi connectivity index (χ3n) is 3.41. The highest BCUT2D eigenvalue weighted by molar-refractivity contribution is 6.32. The van der Waals surface area contributed by atoms with Gasteiger partial charge in [-0.25, -0.2) is 4.79 Å². The van der Waals surface area contributed by atoms with Crippen LogP contribution in [-0.4, -0.2) is 15.6 Å². The molecule has 0 fully saturated rings. The molecule has 1 aromatic heterocycles. The van der Waals surface area contributed by atoms with Crippen molar-refractivity contribution in [3.05, 3.63) is 44.2 Å². The molecule has 4 nitrogen and oxygen atoms in total. The summed E-state index contributed by atoms with van der Waals surface area (Å²) in [6.45, 7) is 3.66. The maximum Gasteiger partial charge on any atom is 0.341 e. The number of halogens is 1. The van der Waals surface area contributed by atoms with E-state index in [0.717, 1.165) is 10.9 Å². The number of carbonyl (C=O) groups is 1. The van der Waals surface area contributed by atoms with Crippen LogP contribution in [0.3, 0.4) is 0 Å². The average molecular weight is 280 g/mol. The van der Waals surface area contributed by atoms with Crippen molar-refractivity contribution in [2.75, 3.05) is 0 Å². The average Bonchev–Trinajstić information content (AvgIpc) is 2.36. The zero-order valence-electron chi connectivity index (χ0n) is 11.0. The van der Waals surface area contributed by atoms with Crippen molar-refractivity contribution >= 4 is 28.5 Å². The molecule has 2 aromatic rings. The Hall–Kier alpha value is -1.81. The van der Waals surface area contributed by atoms with E-state index >= 15 is 0 Å². The van der Waals surface area contributed by atoms with Crippen LogP contribution >= 0.6 is 11.6 Å². The predicted molar refractivity (Wildman–Crippen MR) is 75.3 cm³/mol. The molecule has 0 spiro atoms. The summed E-state index contributed by atoms with van der Waals surface area (Å²) in [6.07, 6.45) is 0.481. The van der Waals surface area contributed by atoms with Crippen LogP contribution in [0.25, 0.3) is 10.9 Å². The number of aromatic carboxylic acids is 1. The van der Waals surface area contributed by atoms with Gasteiger partial charge in [0, 0.05) is 17.5 Å². The molecule has 0 unspecified atom stereocenters. The van der Waals surface area contributed by atoms with Crippen molar-refractivity contribution in [2.45, 2.75) is 20.3 Å². The van der Waals surface area contributed by atoms with Gasteiger partial charge in [0.1, 0.15) is 5.56 Å². The fourth-order valence-electron chi connectivity index (χ4n) is 2.47. The van der Waals surface area contributed by atoms with Gasteiger partial charge in [-0.3, -0.25) is 4.79 Å². The van der Waals surface area contributed by atoms with Crippen LogP contribution in [0.4, 0.5) is 0 Å². The minimum absolute atomic E-state index is 0.153. The predicted octanol–water partition coefficient (Wildman–Crippen LogP) is 2.76. The molecule has 2 rings (SSSR count). The number of hydrogen-bond acceptors (Lipinski definition) is 2. The first-order chi connectivity index (χ1) is 8.90. The van der Waals surface area contributed by atoms with Crippen molar-refractivity contribution in [1.29, 1.82) is 0 Å². The second-order valence-electron chi connectivity index (χ2n) is 4.44. The van der Waals surface area contributed by atoms with Gasteiger partial charge in [-0.05, 0) is 30.5 Å². The summed E-state index contributed by atoms with van der Waals surface area (Å²) in [5, 5.41) is 10.6. The van der Waals surface area contributed by atoms with Gasteiger partial charge in [-0.1, -0.05) is 24.6 Å². The highest BCUT2D eigenvalue weighted by Gasteiger charge is 2.20. The lowest BCUT2D eigenvalue weighted by molar-refractivity contribution is 0.0693. The number of rotatable bonds is 2. The van der Waals surface area contributed by atoms with Crippen molar-refractivity contribution in [1.82, 2.24) is 4.57 Å². The highest BCUT2D eigenvalue weighted by Crippen LogP contribution is 2.28. The van der Waals surface area contributed by atoms with Crippen LogP contribution in [0.15, 0.2) is 16.9 Å². The number of fused-ring (bicyclic) bond motifs is 1. The lowest BCUT2D eigenvalue weighted by Gasteiger charge is -2.15. The van der Waals surface area contributed by atoms with Crippen molar-refractivity contribution < 1.29 is 9.90 Å². The fourth-order valence-corrected chi connectivity index (χ4v) is 2.62. The Labute approximate surface area is 115 Å². The molecule has 5 heteroatoms. The Bertz CT molecular complexity index is 747. The van der Waals surface area contributed by atoms with E-state index in [9.17, 15) is 14.7 Å². The first kappa shape index (κ1) is 13.6. The number of nitrogens with zero attached hydrogens (tertiary/aromatic N) is 1. The van der Waals surface area contributed by atoms with Crippen molar-refractivity contribution in [2.24, 2.45) is 7.05 Å². The van der Waals surface area contributed by atoms with Crippen molar-refractivity contribution in [3.8, 4) is 0 Å². The van der Waals surface area contributed by atoms with Gasteiger partial charge in [-0.2, -0.15) is 0 Å². The number of carboxylic acid groups (broad SMARTS) is 1. The lowest BCUT2D eigenvalue weighted by Crippen LogP contribution is -2.27. The Morgan fingerprint density at radius 1 is 1.42 bits per heavy atom. The van der Waals surface area contributed by atoms with Gasteiger partial charge in [0.05, 0.1) is 5.52 Å². The Kier molecular flexibility index (Phi) is 3.37. The van der Waals surface area contributed by atoms with Crippen LogP contribution in [0.1, 0.15) is 28.4 Å². The number of benzene rings is 1. The van der Waals surface area contributed by atoms with E-state index < -0.39 is 11.5 Å². The number of aromatic nitrogens is 1. The minimum Gasteiger partial charge on any atom is -0.477 e. The molecule has 19 heavy (non-hydrogen) atoms. The topological polar surface area (TPSA) is 59.3 Å². The maximum absolute atomic E-state index is 12.2. The third-order valence-corrected chi connectivity index (χ3v) is 3.82. The van der Waals surface area contributed by atoms with Gasteiger partial charge >= 0.3 is 5.97 Å². The van der Waals surface area contributed by atoms with E-state index in [0.29, 0.717) is 22.5 Å². The van der Waals surface area contributed by atoms with E-state index in [2.05, 4.69) is 0 Å². The normalized spacial score (nSPS) is 10.9. The van der Waals surface area contributed by atoms with Crippen LogP contribution < -0.4 is 5.56 Å². The van der Waals surface area contributed by atoms with Gasteiger partial charge in [0.15, 0.2) is 0 Å². The summed E-state index contributed by atoms with van der Waals surface area (Å²) in [5.41, 5.74) is 1.39. The van der Waals surface area contributed by atoms with E-state index in [1.165, 1.54) is 4.57 Å². The Morgan fingerprint density at radius 3 is 2.58 bits per heavy atom. The Balaban J connectivity index is 3.14. The second-order valence-corrected chi connectivity index (χ2v) is 4.85. The molecule has 0 aliphatic carbocycles. The lowest BCUT2D eigenvalue weighted by atomic mass is 9.98. The summed E-state index contributed by atoms with van der Waals surface area (Å²) in [6, 6.07) is 3.50. The zero-order chi connectivity index (χ0) is 14.3. The first-order valence-corrected chi connectivity index (χ1v) is 6.31. The molecule has 0 atom stereocenters. The molecule has 100 valence electrons. The van der Waals surface area contributed by atoms with Crippen LogP contribution in [0.5, 0.6) is 0 Å². The molecule has 0 saturated carbocycles. The quantitative estimate of drug-likeness (QED) is 0.919. The molecular weight excluding hydrogens is 266 g/mol. The van der Waals surface area contributed by atoms with Gasteiger partial charge < -0.3 is 9.67 Å². The SMILES string of the molecule is CCc1c(C(=O)O)c(=O)n(C)c2c(C)c(Cl)ccc12. The van der Waals surface area contributed by atoms with Crippen molar-refractivity contribution in [3.63, 3.8) is 0 Å². The molecule has 0 bridgehead atoms. The summed E-state index contributed by atoms with van der Waals surface area (Å²) in [4.78, 5) is 23.5. The van der Waals surface area contributed by atoms with E-state index in [4.69, 9.17) is 11.6 Å². The molecule has 0 radical (unpaired) electrons. The number of carboxylic acids is 1. The van der Waals surface area contributed by atoms with Crippen LogP contribution in [0.2, 0.25) is 5.02 Å². The fraction of sp³-hybridized carbons (Fsp3) is 0.286. The van der Waals surface area contributed by atoms with Gasteiger partial charge in [0.25, 0.3) is 5.56 Å². The van der Waals surface area contributed by atoms with E-state index in [-0.39, 0.29) is 5.56 Å². The summed E-state index contributed by atoms with van der Waals surface area (Å²) < 4.78 is 1.36. The molecule has 0 saturated heterocycles.